The summed E-state index contributed by atoms with van der Waals surface area (Å²) in [5, 5.41) is 0. The first-order valence-electron chi connectivity index (χ1n) is 13.7. The van der Waals surface area contributed by atoms with Crippen LogP contribution in [0.4, 0.5) is 0 Å². The van der Waals surface area contributed by atoms with E-state index in [1.54, 1.807) is 26.2 Å². The summed E-state index contributed by atoms with van der Waals surface area (Å²) in [6.45, 7) is 4.01. The maximum Gasteiger partial charge on any atom is 0.338 e. The van der Waals surface area contributed by atoms with E-state index in [-0.39, 0.29) is 26.8 Å². The first kappa shape index (κ1) is 27.8. The van der Waals surface area contributed by atoms with Crippen LogP contribution < -0.4 is 0 Å². The Morgan fingerprint density at radius 2 is 1.05 bits per heavy atom. The third-order valence-electron chi connectivity index (χ3n) is 7.03. The maximum atomic E-state index is 12.2. The van der Waals surface area contributed by atoms with Crippen LogP contribution in [0.1, 0.15) is 37.7 Å². The molecule has 0 amide bonds. The number of hydrogen-bond acceptors (Lipinski definition) is 10. The molecule has 12 nitrogen and oxygen atoms in total. The van der Waals surface area contributed by atoms with Gasteiger partial charge in [0, 0.05) is 0 Å². The van der Waals surface area contributed by atoms with Crippen LogP contribution in [0.15, 0.2) is 60.9 Å². The Hall–Kier alpha value is -4.36. The number of carbonyl (C=O) groups excluding carboxylic acids is 2. The van der Waals surface area contributed by atoms with E-state index in [2.05, 4.69) is 19.9 Å². The Labute approximate surface area is 241 Å². The number of rotatable bonds is 9. The van der Waals surface area contributed by atoms with E-state index in [9.17, 15) is 9.59 Å². The molecular formula is C30H30N4O8. The highest BCUT2D eigenvalue weighted by Crippen LogP contribution is 2.32. The van der Waals surface area contributed by atoms with Gasteiger partial charge in [-0.3, -0.25) is 0 Å². The molecule has 2 aromatic heterocycles. The van der Waals surface area contributed by atoms with E-state index in [1.807, 2.05) is 48.5 Å². The zero-order valence-electron chi connectivity index (χ0n) is 23.1. The number of H-pyrrole nitrogens is 2. The number of benzene rings is 2. The lowest BCUT2D eigenvalue weighted by Crippen LogP contribution is -2.28. The van der Waals surface area contributed by atoms with Gasteiger partial charge in [-0.25, -0.2) is 19.6 Å². The van der Waals surface area contributed by atoms with Gasteiger partial charge in [-0.2, -0.15) is 0 Å². The highest BCUT2D eigenvalue weighted by Gasteiger charge is 2.40. The molecule has 2 aliphatic rings. The fourth-order valence-corrected chi connectivity index (χ4v) is 4.94. The lowest BCUT2D eigenvalue weighted by molar-refractivity contribution is -0.155. The van der Waals surface area contributed by atoms with Crippen molar-refractivity contribution in [2.45, 2.75) is 38.3 Å². The average Bonchev–Trinajstić information content (AvgIpc) is 3.83. The molecule has 0 radical (unpaired) electrons. The van der Waals surface area contributed by atoms with Crippen molar-refractivity contribution in [2.24, 2.45) is 0 Å². The second-order valence-corrected chi connectivity index (χ2v) is 9.61. The molecule has 2 N–H and O–H groups in total. The number of nitrogens with one attached hydrogen (secondary N) is 2. The standard InChI is InChI=1S/C30H30N4O8/c1-3-37-29(35)25-23(39-15-41-25)27-31-13-21(33-27)19-9-5-17(6-10-19)18-7-11-20(12-8-18)22-14-32-28(34-22)24-26(42-16-40-24)30(36)38-4-2/h5-14,23-26H,3-4,15-16H2,1-2H3,(H,31,33)(H,32,34)/t23-,24-,25-,26-/m0/s1. The van der Waals surface area contributed by atoms with Crippen molar-refractivity contribution in [1.82, 2.24) is 19.9 Å². The van der Waals surface area contributed by atoms with E-state index in [0.717, 1.165) is 33.6 Å². The second-order valence-electron chi connectivity index (χ2n) is 9.61. The maximum absolute atomic E-state index is 12.2. The third-order valence-corrected chi connectivity index (χ3v) is 7.03. The van der Waals surface area contributed by atoms with Crippen molar-refractivity contribution >= 4 is 11.9 Å². The zero-order chi connectivity index (χ0) is 29.1. The topological polar surface area (TPSA) is 147 Å². The van der Waals surface area contributed by atoms with Crippen molar-refractivity contribution < 1.29 is 38.0 Å². The largest absolute Gasteiger partial charge is 0.464 e. The molecule has 0 saturated carbocycles. The second kappa shape index (κ2) is 12.2. The zero-order valence-corrected chi connectivity index (χ0v) is 23.1. The first-order valence-corrected chi connectivity index (χ1v) is 13.7. The molecule has 12 heteroatoms. The highest BCUT2D eigenvalue weighted by molar-refractivity contribution is 5.77. The summed E-state index contributed by atoms with van der Waals surface area (Å²) in [6.07, 6.45) is 0.404. The summed E-state index contributed by atoms with van der Waals surface area (Å²) < 4.78 is 32.1. The van der Waals surface area contributed by atoms with E-state index in [1.165, 1.54) is 0 Å². The number of carbonyl (C=O) groups is 2. The fraction of sp³-hybridized carbons (Fsp3) is 0.333. The number of nitrogens with zero attached hydrogens (tertiary/aromatic N) is 2. The molecule has 2 fully saturated rings. The van der Waals surface area contributed by atoms with Gasteiger partial charge in [-0.1, -0.05) is 48.5 Å². The Bertz CT molecular complexity index is 1420. The smallest absolute Gasteiger partial charge is 0.338 e. The molecule has 6 rings (SSSR count). The van der Waals surface area contributed by atoms with Crippen molar-refractivity contribution in [3.8, 4) is 33.6 Å². The van der Waals surface area contributed by atoms with Gasteiger partial charge < -0.3 is 38.4 Å². The lowest BCUT2D eigenvalue weighted by atomic mass is 10.0. The van der Waals surface area contributed by atoms with Crippen LogP contribution in [0.3, 0.4) is 0 Å². The van der Waals surface area contributed by atoms with Gasteiger partial charge in [0.05, 0.1) is 37.0 Å². The number of hydrogen-bond donors (Lipinski definition) is 2. The van der Waals surface area contributed by atoms with Crippen molar-refractivity contribution in [3.05, 3.63) is 72.6 Å². The molecule has 0 spiro atoms. The number of imidazole rings is 2. The quantitative estimate of drug-likeness (QED) is 0.280. The third kappa shape index (κ3) is 5.57. The molecule has 2 aliphatic heterocycles. The number of aromatic nitrogens is 4. The molecule has 0 aliphatic carbocycles. The summed E-state index contributed by atoms with van der Waals surface area (Å²) >= 11 is 0. The van der Waals surface area contributed by atoms with Gasteiger partial charge in [0.1, 0.15) is 25.2 Å². The number of aromatic amines is 2. The fourth-order valence-electron chi connectivity index (χ4n) is 4.94. The Balaban J connectivity index is 1.12. The monoisotopic (exact) mass is 574 g/mol. The SMILES string of the molecule is CCOC(=O)[C@H]1OCO[C@@H]1c1ncc(-c2ccc(-c3ccc(-c4cnc([C@H]5OCO[C@@H]5C(=O)OCC)[nH]4)cc3)cc2)[nH]1. The van der Waals surface area contributed by atoms with Gasteiger partial charge in [-0.15, -0.1) is 0 Å². The lowest BCUT2D eigenvalue weighted by Gasteiger charge is -2.13. The summed E-state index contributed by atoms with van der Waals surface area (Å²) in [5.74, 6) is 0.0685. The summed E-state index contributed by atoms with van der Waals surface area (Å²) in [7, 11) is 0. The molecule has 2 aromatic carbocycles. The molecule has 2 saturated heterocycles. The van der Waals surface area contributed by atoms with E-state index in [4.69, 9.17) is 28.4 Å². The molecular weight excluding hydrogens is 544 g/mol. The molecule has 42 heavy (non-hydrogen) atoms. The van der Waals surface area contributed by atoms with Crippen molar-refractivity contribution in [2.75, 3.05) is 26.8 Å². The normalized spacial score (nSPS) is 21.9. The number of esters is 2. The van der Waals surface area contributed by atoms with E-state index in [0.29, 0.717) is 11.6 Å². The minimum absolute atomic E-state index is 0.000947. The van der Waals surface area contributed by atoms with Crippen LogP contribution in [-0.4, -0.2) is 70.9 Å². The van der Waals surface area contributed by atoms with Crippen molar-refractivity contribution in [3.63, 3.8) is 0 Å². The van der Waals surface area contributed by atoms with Gasteiger partial charge in [0.25, 0.3) is 0 Å². The van der Waals surface area contributed by atoms with Crippen LogP contribution >= 0.6 is 0 Å². The Morgan fingerprint density at radius 1 is 0.667 bits per heavy atom. The van der Waals surface area contributed by atoms with Crippen LogP contribution in [0, 0.1) is 0 Å². The molecule has 4 atom stereocenters. The minimum atomic E-state index is -0.853. The van der Waals surface area contributed by atoms with Gasteiger partial charge in [0.2, 0.25) is 0 Å². The van der Waals surface area contributed by atoms with Crippen LogP contribution in [0.2, 0.25) is 0 Å². The van der Waals surface area contributed by atoms with Crippen LogP contribution in [0.25, 0.3) is 33.6 Å². The Morgan fingerprint density at radius 3 is 1.43 bits per heavy atom. The predicted octanol–water partition coefficient (Wildman–Crippen LogP) is 4.09. The predicted molar refractivity (Wildman–Crippen MR) is 147 cm³/mol. The summed E-state index contributed by atoms with van der Waals surface area (Å²) in [6, 6.07) is 16.1. The average molecular weight is 575 g/mol. The number of ether oxygens (including phenoxy) is 6. The molecule has 218 valence electrons. The molecule has 0 unspecified atom stereocenters. The van der Waals surface area contributed by atoms with Gasteiger partial charge in [-0.05, 0) is 36.1 Å². The molecule has 4 heterocycles. The summed E-state index contributed by atoms with van der Waals surface area (Å²) in [5.41, 5.74) is 5.54. The van der Waals surface area contributed by atoms with Gasteiger partial charge >= 0.3 is 11.9 Å². The van der Waals surface area contributed by atoms with E-state index < -0.39 is 36.4 Å². The summed E-state index contributed by atoms with van der Waals surface area (Å²) in [4.78, 5) is 39.7. The van der Waals surface area contributed by atoms with E-state index >= 15 is 0 Å². The van der Waals surface area contributed by atoms with Gasteiger partial charge in [0.15, 0.2) is 24.4 Å². The molecule has 0 bridgehead atoms. The Kier molecular flexibility index (Phi) is 8.11. The first-order chi connectivity index (χ1) is 20.6. The van der Waals surface area contributed by atoms with Crippen molar-refractivity contribution in [1.29, 1.82) is 0 Å². The highest BCUT2D eigenvalue weighted by atomic mass is 16.7. The molecule has 4 aromatic rings. The van der Waals surface area contributed by atoms with Crippen LogP contribution in [0.5, 0.6) is 0 Å². The van der Waals surface area contributed by atoms with Crippen LogP contribution in [-0.2, 0) is 38.0 Å². The minimum Gasteiger partial charge on any atom is -0.464 e.